The lowest BCUT2D eigenvalue weighted by atomic mass is 9.95. The molecule has 0 aliphatic rings. The van der Waals surface area contributed by atoms with E-state index in [-0.39, 0.29) is 23.4 Å². The zero-order valence-corrected chi connectivity index (χ0v) is 24.7. The molecule has 0 aliphatic heterocycles. The Hall–Kier alpha value is -3.00. The number of carbonyl (C=O) groups excluding carboxylic acids is 3. The van der Waals surface area contributed by atoms with E-state index in [4.69, 9.17) is 9.47 Å². The molecule has 2 aromatic rings. The van der Waals surface area contributed by atoms with Crippen LogP contribution in [0.25, 0.3) is 0 Å². The van der Waals surface area contributed by atoms with Gasteiger partial charge < -0.3 is 19.6 Å². The van der Waals surface area contributed by atoms with Gasteiger partial charge in [0.2, 0.25) is 0 Å². The number of amides is 1. The summed E-state index contributed by atoms with van der Waals surface area (Å²) in [5.41, 5.74) is 4.62. The number of nitrogens with one attached hydrogen (secondary N) is 1. The fourth-order valence-corrected chi connectivity index (χ4v) is 3.31. The molecule has 0 saturated carbocycles. The monoisotopic (exact) mass is 517 g/mol. The number of nitrogens with zero attached hydrogens (tertiary/aromatic N) is 2. The maximum absolute atomic E-state index is 12.4. The highest BCUT2D eigenvalue weighted by molar-refractivity contribution is 5.96. The van der Waals surface area contributed by atoms with Crippen LogP contribution in [-0.4, -0.2) is 48.0 Å². The Morgan fingerprint density at radius 1 is 1.05 bits per heavy atom. The minimum atomic E-state index is -0.0451. The zero-order valence-electron chi connectivity index (χ0n) is 24.7. The van der Waals surface area contributed by atoms with Crippen molar-refractivity contribution in [3.63, 3.8) is 0 Å². The van der Waals surface area contributed by atoms with Gasteiger partial charge in [-0.1, -0.05) is 32.9 Å². The van der Waals surface area contributed by atoms with Crippen LogP contribution in [0.4, 0.5) is 0 Å². The topological polar surface area (TPSA) is 99.5 Å². The van der Waals surface area contributed by atoms with Crippen LogP contribution in [0, 0.1) is 19.8 Å². The van der Waals surface area contributed by atoms with Crippen molar-refractivity contribution in [2.45, 2.75) is 80.8 Å². The molecular formula is C29H47N3O5. The van der Waals surface area contributed by atoms with Gasteiger partial charge in [-0.2, -0.15) is 5.10 Å². The smallest absolute Gasteiger partial charge is 0.255 e. The lowest BCUT2D eigenvalue weighted by Crippen LogP contribution is -2.25. The number of aryl methyl sites for hydroxylation is 2. The quantitative estimate of drug-likeness (QED) is 0.428. The van der Waals surface area contributed by atoms with Gasteiger partial charge in [0, 0.05) is 37.9 Å². The van der Waals surface area contributed by atoms with Crippen molar-refractivity contribution < 1.29 is 23.9 Å². The lowest BCUT2D eigenvalue weighted by molar-refractivity contribution is -0.119. The first-order chi connectivity index (χ1) is 17.3. The number of rotatable bonds is 10. The van der Waals surface area contributed by atoms with E-state index in [0.29, 0.717) is 24.6 Å². The van der Waals surface area contributed by atoms with Crippen molar-refractivity contribution in [2.75, 3.05) is 20.8 Å². The zero-order chi connectivity index (χ0) is 28.7. The molecular weight excluding hydrogens is 470 g/mol. The molecule has 1 heterocycles. The van der Waals surface area contributed by atoms with Crippen molar-refractivity contribution in [3.8, 4) is 5.75 Å². The number of methoxy groups -OCH3 is 2. The number of hydrogen-bond acceptors (Lipinski definition) is 6. The summed E-state index contributed by atoms with van der Waals surface area (Å²) in [4.78, 5) is 32.0. The molecule has 0 fully saturated rings. The molecule has 0 bridgehead atoms. The van der Waals surface area contributed by atoms with Gasteiger partial charge in [-0.3, -0.25) is 14.3 Å². The fraction of sp³-hybridized carbons (Fsp3) is 0.586. The van der Waals surface area contributed by atoms with Gasteiger partial charge in [0.25, 0.3) is 5.91 Å². The second-order valence-electron chi connectivity index (χ2n) is 9.65. The third kappa shape index (κ3) is 12.7. The van der Waals surface area contributed by atoms with Crippen LogP contribution in [0.1, 0.15) is 93.2 Å². The van der Waals surface area contributed by atoms with Crippen LogP contribution in [0.3, 0.4) is 0 Å². The van der Waals surface area contributed by atoms with Crippen molar-refractivity contribution in [2.24, 2.45) is 13.0 Å². The molecule has 8 nitrogen and oxygen atoms in total. The Morgan fingerprint density at radius 3 is 2.05 bits per heavy atom. The Morgan fingerprint density at radius 2 is 1.62 bits per heavy atom. The fourth-order valence-electron chi connectivity index (χ4n) is 3.31. The summed E-state index contributed by atoms with van der Waals surface area (Å²) in [7, 11) is 5.21. The molecule has 1 aromatic carbocycles. The molecule has 37 heavy (non-hydrogen) atoms. The summed E-state index contributed by atoms with van der Waals surface area (Å²) in [6.07, 6.45) is 1.89. The summed E-state index contributed by atoms with van der Waals surface area (Å²) < 4.78 is 12.4. The molecule has 0 spiro atoms. The molecule has 1 atom stereocenters. The van der Waals surface area contributed by atoms with Gasteiger partial charge in [-0.05, 0) is 65.0 Å². The van der Waals surface area contributed by atoms with Gasteiger partial charge in [-0.25, -0.2) is 0 Å². The summed E-state index contributed by atoms with van der Waals surface area (Å²) in [5, 5.41) is 7.32. The number of ether oxygens (including phenoxy) is 2. The van der Waals surface area contributed by atoms with Crippen molar-refractivity contribution in [1.82, 2.24) is 15.1 Å². The second kappa shape index (κ2) is 17.5. The average molecular weight is 518 g/mol. The van der Waals surface area contributed by atoms with Crippen LogP contribution in [0.5, 0.6) is 5.75 Å². The first kappa shape index (κ1) is 34.0. The molecule has 0 radical (unpaired) electrons. The second-order valence-corrected chi connectivity index (χ2v) is 9.65. The highest BCUT2D eigenvalue weighted by Crippen LogP contribution is 2.27. The first-order valence-electron chi connectivity index (χ1n) is 12.7. The van der Waals surface area contributed by atoms with Crippen molar-refractivity contribution in [1.29, 1.82) is 0 Å². The SMILES string of the molecule is CC(=O)C(C)C.CC(C)=O.COCc1ccc([C@H](C)CCCNC(=O)c2c(C)nn(C)c2C)cc1OC. The molecule has 208 valence electrons. The van der Waals surface area contributed by atoms with Gasteiger partial charge in [0.1, 0.15) is 17.3 Å². The molecule has 0 saturated heterocycles. The van der Waals surface area contributed by atoms with E-state index in [1.54, 1.807) is 25.8 Å². The minimum Gasteiger partial charge on any atom is -0.496 e. The number of benzene rings is 1. The Balaban J connectivity index is 0.00000110. The van der Waals surface area contributed by atoms with Gasteiger partial charge in [0.05, 0.1) is 25.0 Å². The third-order valence-electron chi connectivity index (χ3n) is 5.83. The summed E-state index contributed by atoms with van der Waals surface area (Å²) >= 11 is 0. The van der Waals surface area contributed by atoms with E-state index in [2.05, 4.69) is 35.5 Å². The Labute approximate surface area is 223 Å². The molecule has 2 rings (SSSR count). The van der Waals surface area contributed by atoms with E-state index in [0.717, 1.165) is 35.5 Å². The van der Waals surface area contributed by atoms with Gasteiger partial charge in [-0.15, -0.1) is 0 Å². The van der Waals surface area contributed by atoms with E-state index in [9.17, 15) is 14.4 Å². The summed E-state index contributed by atoms with van der Waals surface area (Å²) in [6, 6.07) is 6.27. The highest BCUT2D eigenvalue weighted by atomic mass is 16.5. The van der Waals surface area contributed by atoms with Crippen molar-refractivity contribution in [3.05, 3.63) is 46.3 Å². The predicted molar refractivity (Wildman–Crippen MR) is 148 cm³/mol. The normalized spacial score (nSPS) is 11.0. The van der Waals surface area contributed by atoms with Crippen LogP contribution < -0.4 is 10.1 Å². The maximum atomic E-state index is 12.4. The number of Topliss-reactive ketones (excluding diaryl/α,β-unsaturated/α-hetero) is 2. The molecule has 1 N–H and O–H groups in total. The van der Waals surface area contributed by atoms with E-state index in [1.807, 2.05) is 34.7 Å². The van der Waals surface area contributed by atoms with Crippen LogP contribution >= 0.6 is 0 Å². The molecule has 0 aliphatic carbocycles. The number of carbonyl (C=O) groups is 3. The third-order valence-corrected chi connectivity index (χ3v) is 5.83. The highest BCUT2D eigenvalue weighted by Gasteiger charge is 2.17. The Kier molecular flexibility index (Phi) is 16.0. The van der Waals surface area contributed by atoms with Crippen LogP contribution in [0.15, 0.2) is 18.2 Å². The Bertz CT molecular complexity index is 1010. The number of aromatic nitrogens is 2. The molecule has 0 unspecified atom stereocenters. The summed E-state index contributed by atoms with van der Waals surface area (Å²) in [6.45, 7) is 15.6. The largest absolute Gasteiger partial charge is 0.496 e. The molecule has 8 heteroatoms. The summed E-state index contributed by atoms with van der Waals surface area (Å²) in [5.74, 6) is 1.84. The minimum absolute atomic E-state index is 0.0451. The van der Waals surface area contributed by atoms with Gasteiger partial charge in [0.15, 0.2) is 0 Å². The first-order valence-corrected chi connectivity index (χ1v) is 12.7. The van der Waals surface area contributed by atoms with Crippen LogP contribution in [-0.2, 0) is 28.0 Å². The van der Waals surface area contributed by atoms with E-state index >= 15 is 0 Å². The number of ketones is 2. The molecule has 1 amide bonds. The standard InChI is InChI=1S/C21H31N3O3.C5H10O.C3H6O/c1-14(17-9-10-18(13-26-5)19(12-17)27-6)8-7-11-22-21(25)20-15(2)23-24(4)16(20)3;1-4(2)5(3)6;1-3(2)4/h9-10,12,14H,7-8,11,13H2,1-6H3,(H,22,25);4H,1-3H3;1-2H3/t14-;;/m1../s1. The van der Waals surface area contributed by atoms with E-state index < -0.39 is 0 Å². The average Bonchev–Trinajstić information content (AvgIpc) is 3.07. The number of hydrogen-bond donors (Lipinski definition) is 1. The molecule has 1 aromatic heterocycles. The maximum Gasteiger partial charge on any atom is 0.255 e. The van der Waals surface area contributed by atoms with Crippen LogP contribution in [0.2, 0.25) is 0 Å². The predicted octanol–water partition coefficient (Wildman–Crippen LogP) is 5.33. The van der Waals surface area contributed by atoms with Gasteiger partial charge >= 0.3 is 0 Å². The lowest BCUT2D eigenvalue weighted by Gasteiger charge is -2.15. The van der Waals surface area contributed by atoms with E-state index in [1.165, 1.54) is 19.4 Å². The van der Waals surface area contributed by atoms with Crippen molar-refractivity contribution >= 4 is 17.5 Å².